The van der Waals surface area contributed by atoms with Crippen LogP contribution in [0.1, 0.15) is 78.4 Å². The van der Waals surface area contributed by atoms with Gasteiger partial charge in [-0.15, -0.1) is 0 Å². The monoisotopic (exact) mass is 460 g/mol. The predicted molar refractivity (Wildman–Crippen MR) is 141 cm³/mol. The standard InChI is InChI=1S/C31H40O3/c1-21(13-16-28-23(3)12-9-17-31(28,6)7)10-8-11-22(2)18-29(32)34-27-19-24(4)30-26(20-27)15-14-25(5)33-30/h8,10-11,13,16,18-20,25H,9,12,14-15,17H2,1-7H3/b11-8+,16-13+,21-10+,22-18+/t25-/m0/s1. The van der Waals surface area contributed by atoms with Crippen molar-refractivity contribution in [2.24, 2.45) is 5.41 Å². The first kappa shape index (κ1) is 25.8. The molecule has 3 rings (SSSR count). The molecule has 0 radical (unpaired) electrons. The number of fused-ring (bicyclic) bond motifs is 1. The van der Waals surface area contributed by atoms with E-state index in [4.69, 9.17) is 9.47 Å². The van der Waals surface area contributed by atoms with E-state index in [-0.39, 0.29) is 17.5 Å². The van der Waals surface area contributed by atoms with E-state index < -0.39 is 0 Å². The number of allylic oxidation sites excluding steroid dienone is 9. The number of aryl methyl sites for hydroxylation is 2. The highest BCUT2D eigenvalue weighted by atomic mass is 16.5. The summed E-state index contributed by atoms with van der Waals surface area (Å²) in [4.78, 5) is 12.4. The van der Waals surface area contributed by atoms with Crippen LogP contribution in [0.3, 0.4) is 0 Å². The molecule has 1 aromatic rings. The Hall–Kier alpha value is -2.81. The summed E-state index contributed by atoms with van der Waals surface area (Å²) in [6.07, 6.45) is 17.8. The van der Waals surface area contributed by atoms with E-state index in [1.54, 1.807) is 0 Å². The van der Waals surface area contributed by atoms with Crippen molar-refractivity contribution in [3.05, 3.63) is 82.0 Å². The Morgan fingerprint density at radius 1 is 1.12 bits per heavy atom. The number of rotatable bonds is 6. The molecule has 0 bridgehead atoms. The van der Waals surface area contributed by atoms with Gasteiger partial charge in [0.15, 0.2) is 0 Å². The van der Waals surface area contributed by atoms with Gasteiger partial charge in [0, 0.05) is 6.08 Å². The molecule has 1 aromatic carbocycles. The second-order valence-corrected chi connectivity index (χ2v) is 10.5. The Labute approximate surface area is 205 Å². The lowest BCUT2D eigenvalue weighted by Crippen LogP contribution is -2.19. The molecular formula is C31H40O3. The Morgan fingerprint density at radius 3 is 2.62 bits per heavy atom. The van der Waals surface area contributed by atoms with Crippen molar-refractivity contribution in [2.75, 3.05) is 0 Å². The molecule has 1 atom stereocenters. The van der Waals surface area contributed by atoms with Gasteiger partial charge in [0.05, 0.1) is 6.10 Å². The van der Waals surface area contributed by atoms with Crippen LogP contribution < -0.4 is 9.47 Å². The summed E-state index contributed by atoms with van der Waals surface area (Å²) in [6.45, 7) is 15.0. The molecule has 3 nitrogen and oxygen atoms in total. The summed E-state index contributed by atoms with van der Waals surface area (Å²) >= 11 is 0. The maximum Gasteiger partial charge on any atom is 0.336 e. The Morgan fingerprint density at radius 2 is 1.88 bits per heavy atom. The summed E-state index contributed by atoms with van der Waals surface area (Å²) in [5.41, 5.74) is 7.35. The van der Waals surface area contributed by atoms with Crippen molar-refractivity contribution in [2.45, 2.75) is 86.7 Å². The number of carbonyl (C=O) groups excluding carboxylic acids is 1. The molecule has 1 aliphatic carbocycles. The van der Waals surface area contributed by atoms with E-state index in [1.807, 2.05) is 38.1 Å². The third-order valence-corrected chi connectivity index (χ3v) is 6.80. The number of ether oxygens (including phenoxy) is 2. The summed E-state index contributed by atoms with van der Waals surface area (Å²) in [6, 6.07) is 3.80. The van der Waals surface area contributed by atoms with Crippen molar-refractivity contribution in [1.29, 1.82) is 0 Å². The lowest BCUT2D eigenvalue weighted by Gasteiger charge is -2.32. The van der Waals surface area contributed by atoms with E-state index in [1.165, 1.54) is 42.1 Å². The third-order valence-electron chi connectivity index (χ3n) is 6.80. The predicted octanol–water partition coefficient (Wildman–Crippen LogP) is 8.15. The molecule has 0 spiro atoms. The molecule has 0 saturated heterocycles. The fourth-order valence-electron chi connectivity index (χ4n) is 4.86. The molecule has 0 unspecified atom stereocenters. The van der Waals surface area contributed by atoms with Crippen LogP contribution >= 0.6 is 0 Å². The zero-order valence-corrected chi connectivity index (χ0v) is 22.0. The molecule has 1 aliphatic heterocycles. The average molecular weight is 461 g/mol. The Kier molecular flexibility index (Phi) is 8.41. The third kappa shape index (κ3) is 6.85. The van der Waals surface area contributed by atoms with E-state index in [0.717, 1.165) is 35.3 Å². The van der Waals surface area contributed by atoms with Gasteiger partial charge in [0.25, 0.3) is 0 Å². The molecule has 34 heavy (non-hydrogen) atoms. The second kappa shape index (κ2) is 11.1. The minimum atomic E-state index is -0.367. The highest BCUT2D eigenvalue weighted by Gasteiger charge is 2.26. The number of esters is 1. The van der Waals surface area contributed by atoms with Gasteiger partial charge in [-0.1, -0.05) is 55.4 Å². The van der Waals surface area contributed by atoms with Crippen molar-refractivity contribution in [1.82, 2.24) is 0 Å². The van der Waals surface area contributed by atoms with E-state index in [0.29, 0.717) is 5.75 Å². The second-order valence-electron chi connectivity index (χ2n) is 10.5. The molecule has 3 heteroatoms. The maximum atomic E-state index is 12.4. The summed E-state index contributed by atoms with van der Waals surface area (Å²) < 4.78 is 11.5. The van der Waals surface area contributed by atoms with Gasteiger partial charge in [-0.25, -0.2) is 4.79 Å². The van der Waals surface area contributed by atoms with Crippen molar-refractivity contribution in [3.8, 4) is 11.5 Å². The van der Waals surface area contributed by atoms with Gasteiger partial charge in [-0.05, 0) is 107 Å². The number of hydrogen-bond acceptors (Lipinski definition) is 3. The first-order chi connectivity index (χ1) is 16.0. The zero-order chi connectivity index (χ0) is 24.9. The minimum Gasteiger partial charge on any atom is -0.490 e. The van der Waals surface area contributed by atoms with Gasteiger partial charge in [0.1, 0.15) is 11.5 Å². The Bertz CT molecular complexity index is 1080. The molecule has 1 heterocycles. The summed E-state index contributed by atoms with van der Waals surface area (Å²) in [7, 11) is 0. The minimum absolute atomic E-state index is 0.227. The van der Waals surface area contributed by atoms with Gasteiger partial charge >= 0.3 is 5.97 Å². The number of benzene rings is 1. The first-order valence-electron chi connectivity index (χ1n) is 12.5. The normalized spacial score (nSPS) is 21.1. The molecule has 0 amide bonds. The fraction of sp³-hybridized carbons (Fsp3) is 0.452. The zero-order valence-electron chi connectivity index (χ0n) is 22.0. The molecule has 0 aromatic heterocycles. The van der Waals surface area contributed by atoms with Gasteiger partial charge in [0.2, 0.25) is 0 Å². The van der Waals surface area contributed by atoms with Crippen LogP contribution in [0, 0.1) is 12.3 Å². The largest absolute Gasteiger partial charge is 0.490 e. The summed E-state index contributed by atoms with van der Waals surface area (Å²) in [5.74, 6) is 1.14. The van der Waals surface area contributed by atoms with E-state index in [9.17, 15) is 4.79 Å². The molecule has 182 valence electrons. The molecule has 2 aliphatic rings. The van der Waals surface area contributed by atoms with Crippen LogP contribution in [0.2, 0.25) is 0 Å². The fourth-order valence-corrected chi connectivity index (χ4v) is 4.86. The highest BCUT2D eigenvalue weighted by molar-refractivity contribution is 5.85. The average Bonchev–Trinajstić information content (AvgIpc) is 2.73. The van der Waals surface area contributed by atoms with Crippen molar-refractivity contribution in [3.63, 3.8) is 0 Å². The first-order valence-corrected chi connectivity index (χ1v) is 12.5. The van der Waals surface area contributed by atoms with E-state index in [2.05, 4.69) is 52.8 Å². The molecule has 0 fully saturated rings. The maximum absolute atomic E-state index is 12.4. The molecule has 0 saturated carbocycles. The van der Waals surface area contributed by atoms with Crippen LogP contribution in [0.5, 0.6) is 11.5 Å². The van der Waals surface area contributed by atoms with Crippen LogP contribution in [0.25, 0.3) is 0 Å². The lowest BCUT2D eigenvalue weighted by atomic mass is 9.72. The van der Waals surface area contributed by atoms with Crippen LogP contribution in [-0.2, 0) is 11.2 Å². The number of hydrogen-bond donors (Lipinski definition) is 0. The van der Waals surface area contributed by atoms with Gasteiger partial charge in [-0.2, -0.15) is 0 Å². The van der Waals surface area contributed by atoms with Gasteiger partial charge < -0.3 is 9.47 Å². The van der Waals surface area contributed by atoms with Crippen LogP contribution in [0.15, 0.2) is 70.9 Å². The van der Waals surface area contributed by atoms with Crippen molar-refractivity contribution < 1.29 is 14.3 Å². The lowest BCUT2D eigenvalue weighted by molar-refractivity contribution is -0.129. The van der Waals surface area contributed by atoms with Crippen molar-refractivity contribution >= 4 is 5.97 Å². The molecule has 0 N–H and O–H groups in total. The quantitative estimate of drug-likeness (QED) is 0.186. The summed E-state index contributed by atoms with van der Waals surface area (Å²) in [5, 5.41) is 0. The van der Waals surface area contributed by atoms with Crippen LogP contribution in [0.4, 0.5) is 0 Å². The van der Waals surface area contributed by atoms with Gasteiger partial charge in [-0.3, -0.25) is 0 Å². The van der Waals surface area contributed by atoms with Crippen LogP contribution in [-0.4, -0.2) is 12.1 Å². The van der Waals surface area contributed by atoms with E-state index >= 15 is 0 Å². The topological polar surface area (TPSA) is 35.5 Å². The Balaban J connectivity index is 1.60. The highest BCUT2D eigenvalue weighted by Crippen LogP contribution is 2.40. The molecular weight excluding hydrogens is 420 g/mol. The SMILES string of the molecule is CC1=C(/C=C/C(C)=C/C=C/C(C)=C/C(=O)Oc2cc(C)c3c(c2)CC[C@H](C)O3)C(C)(C)CCC1. The smallest absolute Gasteiger partial charge is 0.336 e. The number of carbonyl (C=O) groups is 1.